The number of ether oxygens (including phenoxy) is 1. The second-order valence-electron chi connectivity index (χ2n) is 5.57. The molecule has 0 bridgehead atoms. The van der Waals surface area contributed by atoms with Crippen LogP contribution in [-0.2, 0) is 4.74 Å². The van der Waals surface area contributed by atoms with Gasteiger partial charge in [0.25, 0.3) is 0 Å². The molecule has 1 spiro atoms. The fourth-order valence-electron chi connectivity index (χ4n) is 3.33. The highest BCUT2D eigenvalue weighted by Crippen LogP contribution is 2.41. The van der Waals surface area contributed by atoms with E-state index in [-0.39, 0.29) is 5.60 Å². The van der Waals surface area contributed by atoms with Crippen molar-refractivity contribution in [3.8, 4) is 0 Å². The summed E-state index contributed by atoms with van der Waals surface area (Å²) < 4.78 is 6.11. The molecule has 0 aliphatic carbocycles. The number of thioether (sulfide) groups is 1. The Labute approximate surface area is 109 Å². The molecule has 1 unspecified atom stereocenters. The molecule has 1 N–H and O–H groups in total. The summed E-state index contributed by atoms with van der Waals surface area (Å²) in [7, 11) is 0. The molecule has 96 valence electrons. The van der Waals surface area contributed by atoms with Gasteiger partial charge in [-0.15, -0.1) is 0 Å². The highest BCUT2D eigenvalue weighted by Gasteiger charge is 2.39. The summed E-state index contributed by atoms with van der Waals surface area (Å²) in [6.07, 6.45) is 7.62. The molecule has 2 nitrogen and oxygen atoms in total. The molecule has 3 fully saturated rings. The summed E-state index contributed by atoms with van der Waals surface area (Å²) in [4.78, 5) is 0. The fourth-order valence-corrected chi connectivity index (χ4v) is 4.69. The molecule has 1 atom stereocenters. The Bertz CT molecular complexity index is 297. The predicted octanol–water partition coefficient (Wildman–Crippen LogP) is 2.74. The van der Waals surface area contributed by atoms with Gasteiger partial charge in [0.1, 0.15) is 0 Å². The van der Waals surface area contributed by atoms with Crippen molar-refractivity contribution in [2.75, 3.05) is 31.2 Å². The van der Waals surface area contributed by atoms with Crippen LogP contribution in [-0.4, -0.2) is 36.8 Å². The smallest absolute Gasteiger partial charge is 0.0817 e. The summed E-state index contributed by atoms with van der Waals surface area (Å²) in [5, 5.41) is 3.51. The van der Waals surface area contributed by atoms with E-state index in [9.17, 15) is 0 Å². The van der Waals surface area contributed by atoms with Crippen LogP contribution in [0, 0.1) is 0 Å². The van der Waals surface area contributed by atoms with Crippen LogP contribution < -0.4 is 5.32 Å². The van der Waals surface area contributed by atoms with Gasteiger partial charge < -0.3 is 10.1 Å². The van der Waals surface area contributed by atoms with Crippen LogP contribution in [0.3, 0.4) is 0 Å². The number of nitrogens with one attached hydrogen (secondary N) is 1. The lowest BCUT2D eigenvalue weighted by atomic mass is 9.85. The average molecular weight is 253 g/mol. The van der Waals surface area contributed by atoms with Crippen LogP contribution in [0.15, 0.2) is 11.1 Å². The van der Waals surface area contributed by atoms with E-state index in [1.807, 2.05) is 0 Å². The monoisotopic (exact) mass is 253 g/mol. The molecule has 3 heterocycles. The second-order valence-corrected chi connectivity index (χ2v) is 6.68. The predicted molar refractivity (Wildman–Crippen MR) is 73.6 cm³/mol. The largest absolute Gasteiger partial charge is 0.373 e. The maximum absolute atomic E-state index is 6.11. The molecule has 3 aliphatic rings. The molecule has 3 saturated heterocycles. The van der Waals surface area contributed by atoms with E-state index in [0.717, 1.165) is 6.61 Å². The quantitative estimate of drug-likeness (QED) is 0.671. The molecule has 3 aliphatic heterocycles. The third-order valence-electron chi connectivity index (χ3n) is 4.35. The van der Waals surface area contributed by atoms with Crippen molar-refractivity contribution >= 4 is 11.8 Å². The van der Waals surface area contributed by atoms with Crippen LogP contribution in [0.4, 0.5) is 0 Å². The normalized spacial score (nSPS) is 39.5. The third kappa shape index (κ3) is 2.72. The van der Waals surface area contributed by atoms with Crippen molar-refractivity contribution in [1.29, 1.82) is 0 Å². The van der Waals surface area contributed by atoms with E-state index in [1.165, 1.54) is 63.1 Å². The SMILES string of the molecule is C1CNCCC(=C2CCOC3(CCSC3)C2)C1. The van der Waals surface area contributed by atoms with Gasteiger partial charge in [0.2, 0.25) is 0 Å². The van der Waals surface area contributed by atoms with Gasteiger partial charge >= 0.3 is 0 Å². The lowest BCUT2D eigenvalue weighted by Crippen LogP contribution is -2.37. The number of rotatable bonds is 0. The van der Waals surface area contributed by atoms with E-state index in [4.69, 9.17) is 4.74 Å². The fraction of sp³-hybridized carbons (Fsp3) is 0.857. The number of hydrogen-bond donors (Lipinski definition) is 1. The minimum atomic E-state index is 0.227. The van der Waals surface area contributed by atoms with E-state index < -0.39 is 0 Å². The standard InChI is InChI=1S/C14H23NOS/c1-2-12(3-7-15-6-1)13-4-8-16-14(10-13)5-9-17-11-14/h15H,1-11H2. The molecule has 0 saturated carbocycles. The van der Waals surface area contributed by atoms with Crippen LogP contribution in [0.1, 0.15) is 38.5 Å². The minimum Gasteiger partial charge on any atom is -0.373 e. The first-order valence-corrected chi connectivity index (χ1v) is 8.16. The van der Waals surface area contributed by atoms with Crippen molar-refractivity contribution in [2.24, 2.45) is 0 Å². The molecule has 3 rings (SSSR count). The van der Waals surface area contributed by atoms with E-state index in [0.29, 0.717) is 0 Å². The van der Waals surface area contributed by atoms with Crippen molar-refractivity contribution in [3.63, 3.8) is 0 Å². The van der Waals surface area contributed by atoms with Gasteiger partial charge in [-0.05, 0) is 57.4 Å². The highest BCUT2D eigenvalue weighted by atomic mass is 32.2. The highest BCUT2D eigenvalue weighted by molar-refractivity contribution is 7.99. The van der Waals surface area contributed by atoms with Gasteiger partial charge in [0.05, 0.1) is 12.2 Å². The molecule has 0 aromatic heterocycles. The molecule has 0 radical (unpaired) electrons. The Kier molecular flexibility index (Phi) is 3.78. The lowest BCUT2D eigenvalue weighted by Gasteiger charge is -2.35. The van der Waals surface area contributed by atoms with E-state index in [1.54, 1.807) is 11.1 Å². The maximum Gasteiger partial charge on any atom is 0.0817 e. The molecule has 0 amide bonds. The molecule has 0 aromatic rings. The minimum absolute atomic E-state index is 0.227. The van der Waals surface area contributed by atoms with E-state index >= 15 is 0 Å². The van der Waals surface area contributed by atoms with Crippen molar-refractivity contribution < 1.29 is 4.74 Å². The van der Waals surface area contributed by atoms with Crippen molar-refractivity contribution in [2.45, 2.75) is 44.1 Å². The molecular formula is C14H23NOS. The Morgan fingerprint density at radius 3 is 3.00 bits per heavy atom. The van der Waals surface area contributed by atoms with Gasteiger partial charge in [0.15, 0.2) is 0 Å². The first-order valence-electron chi connectivity index (χ1n) is 7.00. The van der Waals surface area contributed by atoms with Crippen LogP contribution in [0.25, 0.3) is 0 Å². The summed E-state index contributed by atoms with van der Waals surface area (Å²) in [5.41, 5.74) is 3.74. The van der Waals surface area contributed by atoms with Crippen LogP contribution in [0.5, 0.6) is 0 Å². The zero-order valence-corrected chi connectivity index (χ0v) is 11.4. The molecule has 17 heavy (non-hydrogen) atoms. The van der Waals surface area contributed by atoms with Gasteiger partial charge in [-0.3, -0.25) is 0 Å². The summed E-state index contributed by atoms with van der Waals surface area (Å²) in [5.74, 6) is 2.52. The Hall–Kier alpha value is 0.01000. The van der Waals surface area contributed by atoms with E-state index in [2.05, 4.69) is 17.1 Å². The van der Waals surface area contributed by atoms with Crippen LogP contribution >= 0.6 is 11.8 Å². The van der Waals surface area contributed by atoms with Gasteiger partial charge in [-0.25, -0.2) is 0 Å². The molecule has 3 heteroatoms. The van der Waals surface area contributed by atoms with Crippen LogP contribution in [0.2, 0.25) is 0 Å². The van der Waals surface area contributed by atoms with Gasteiger partial charge in [0, 0.05) is 5.75 Å². The zero-order chi connectivity index (χ0) is 11.6. The Morgan fingerprint density at radius 1 is 1.12 bits per heavy atom. The Morgan fingerprint density at radius 2 is 2.12 bits per heavy atom. The molecule has 0 aromatic carbocycles. The topological polar surface area (TPSA) is 21.3 Å². The number of hydrogen-bond acceptors (Lipinski definition) is 3. The molecular weight excluding hydrogens is 230 g/mol. The van der Waals surface area contributed by atoms with Crippen molar-refractivity contribution in [1.82, 2.24) is 5.32 Å². The van der Waals surface area contributed by atoms with Gasteiger partial charge in [-0.2, -0.15) is 11.8 Å². The first kappa shape index (κ1) is 12.1. The summed E-state index contributed by atoms with van der Waals surface area (Å²) in [6, 6.07) is 0. The summed E-state index contributed by atoms with van der Waals surface area (Å²) >= 11 is 2.07. The Balaban J connectivity index is 1.75. The maximum atomic E-state index is 6.11. The third-order valence-corrected chi connectivity index (χ3v) is 5.57. The second kappa shape index (κ2) is 5.33. The zero-order valence-electron chi connectivity index (χ0n) is 10.6. The van der Waals surface area contributed by atoms with Crippen molar-refractivity contribution in [3.05, 3.63) is 11.1 Å². The first-order chi connectivity index (χ1) is 8.38. The van der Waals surface area contributed by atoms with Gasteiger partial charge in [-0.1, -0.05) is 11.1 Å². The lowest BCUT2D eigenvalue weighted by molar-refractivity contribution is -0.0418. The average Bonchev–Trinajstić information content (AvgIpc) is 2.66. The summed E-state index contributed by atoms with van der Waals surface area (Å²) in [6.45, 7) is 3.35.